The first kappa shape index (κ1) is 31.8. The maximum Gasteiger partial charge on any atom is 0.355 e. The number of urea groups is 1. The molecule has 1 aromatic carbocycles. The SMILES string of the molecule is C=CC(=O)N1CCN(c2nc(=O)n3c4nc(c(F)cc24)-c2c(F)cccc2N(C)C(=O)N(C)CCc2ccnc(C(C)C)c2-3)[C@@H](C)C1. The van der Waals surface area contributed by atoms with Gasteiger partial charge in [-0.15, -0.1) is 0 Å². The molecule has 4 aromatic rings. The van der Waals surface area contributed by atoms with Gasteiger partial charge in [-0.05, 0) is 55.2 Å². The summed E-state index contributed by atoms with van der Waals surface area (Å²) in [5.74, 6) is -1.78. The molecular formula is C34H36F2N8O3. The van der Waals surface area contributed by atoms with Gasteiger partial charge in [0.1, 0.15) is 17.3 Å². The lowest BCUT2D eigenvalue weighted by molar-refractivity contribution is -0.126. The molecule has 1 atom stereocenters. The van der Waals surface area contributed by atoms with Crippen LogP contribution in [0.15, 0.2) is 54.0 Å². The molecule has 244 valence electrons. The molecule has 47 heavy (non-hydrogen) atoms. The molecule has 2 aliphatic heterocycles. The van der Waals surface area contributed by atoms with Crippen LogP contribution in [0.4, 0.5) is 25.1 Å². The van der Waals surface area contributed by atoms with E-state index in [4.69, 9.17) is 4.98 Å². The number of fused-ring (bicyclic) bond motifs is 5. The number of carbonyl (C=O) groups excluding carboxylic acids is 2. The zero-order valence-electron chi connectivity index (χ0n) is 27.0. The van der Waals surface area contributed by atoms with Crippen molar-refractivity contribution in [2.24, 2.45) is 0 Å². The lowest BCUT2D eigenvalue weighted by atomic mass is 10.0. The van der Waals surface area contributed by atoms with Crippen molar-refractivity contribution in [2.75, 3.05) is 50.1 Å². The van der Waals surface area contributed by atoms with Gasteiger partial charge in [0, 0.05) is 52.5 Å². The number of amides is 3. The van der Waals surface area contributed by atoms with E-state index >= 15 is 8.78 Å². The Balaban J connectivity index is 1.72. The van der Waals surface area contributed by atoms with Gasteiger partial charge < -0.3 is 14.7 Å². The van der Waals surface area contributed by atoms with Crippen molar-refractivity contribution in [2.45, 2.75) is 39.2 Å². The van der Waals surface area contributed by atoms with Gasteiger partial charge in [-0.3, -0.25) is 14.7 Å². The molecule has 2 bridgehead atoms. The van der Waals surface area contributed by atoms with Crippen molar-refractivity contribution in [3.63, 3.8) is 0 Å². The second-order valence-corrected chi connectivity index (χ2v) is 12.3. The summed E-state index contributed by atoms with van der Waals surface area (Å²) in [5, 5.41) is 0.236. The average molecular weight is 643 g/mol. The largest absolute Gasteiger partial charge is 0.355 e. The molecule has 0 unspecified atom stereocenters. The molecule has 6 rings (SSSR count). The number of anilines is 2. The van der Waals surface area contributed by atoms with Crippen molar-refractivity contribution in [1.29, 1.82) is 0 Å². The van der Waals surface area contributed by atoms with Crippen molar-refractivity contribution < 1.29 is 18.4 Å². The normalized spacial score (nSPS) is 16.9. The number of halogens is 2. The fourth-order valence-corrected chi connectivity index (χ4v) is 6.47. The van der Waals surface area contributed by atoms with Crippen LogP contribution in [0.25, 0.3) is 28.0 Å². The molecule has 1 fully saturated rings. The van der Waals surface area contributed by atoms with Gasteiger partial charge in [0.05, 0.1) is 28.0 Å². The van der Waals surface area contributed by atoms with E-state index in [1.807, 2.05) is 25.7 Å². The first-order valence-corrected chi connectivity index (χ1v) is 15.5. The smallest absolute Gasteiger partial charge is 0.350 e. The summed E-state index contributed by atoms with van der Waals surface area (Å²) in [5.41, 5.74) is 0.689. The lowest BCUT2D eigenvalue weighted by Crippen LogP contribution is -2.54. The third-order valence-electron chi connectivity index (χ3n) is 8.91. The van der Waals surface area contributed by atoms with Crippen molar-refractivity contribution in [1.82, 2.24) is 29.3 Å². The average Bonchev–Trinajstić information content (AvgIpc) is 3.05. The molecule has 0 aliphatic carbocycles. The first-order chi connectivity index (χ1) is 22.4. The third-order valence-corrected chi connectivity index (χ3v) is 8.91. The summed E-state index contributed by atoms with van der Waals surface area (Å²) in [6, 6.07) is 6.44. The minimum atomic E-state index is -0.857. The number of pyridine rings is 2. The van der Waals surface area contributed by atoms with E-state index in [0.717, 1.165) is 0 Å². The third kappa shape index (κ3) is 5.38. The molecule has 2 aliphatic rings. The van der Waals surface area contributed by atoms with Crippen molar-refractivity contribution >= 4 is 34.5 Å². The summed E-state index contributed by atoms with van der Waals surface area (Å²) in [4.78, 5) is 60.4. The van der Waals surface area contributed by atoms with Crippen LogP contribution in [-0.2, 0) is 11.2 Å². The molecule has 3 amide bonds. The van der Waals surface area contributed by atoms with Gasteiger partial charge >= 0.3 is 11.7 Å². The highest BCUT2D eigenvalue weighted by Crippen LogP contribution is 2.38. The van der Waals surface area contributed by atoms with Crippen LogP contribution < -0.4 is 15.5 Å². The highest BCUT2D eigenvalue weighted by molar-refractivity contribution is 5.97. The molecule has 11 nitrogen and oxygen atoms in total. The Labute approximate surface area is 270 Å². The highest BCUT2D eigenvalue weighted by atomic mass is 19.1. The van der Waals surface area contributed by atoms with E-state index in [1.165, 1.54) is 51.8 Å². The Kier molecular flexibility index (Phi) is 8.24. The van der Waals surface area contributed by atoms with Crippen LogP contribution in [0.1, 0.15) is 37.9 Å². The second kappa shape index (κ2) is 12.2. The first-order valence-electron chi connectivity index (χ1n) is 15.5. The van der Waals surface area contributed by atoms with Gasteiger partial charge in [0.2, 0.25) is 5.91 Å². The van der Waals surface area contributed by atoms with Gasteiger partial charge in [0.25, 0.3) is 0 Å². The van der Waals surface area contributed by atoms with Crippen molar-refractivity contribution in [3.8, 4) is 16.9 Å². The number of benzene rings is 1. The number of hydrogen-bond acceptors (Lipinski definition) is 7. The molecule has 5 heterocycles. The van der Waals surface area contributed by atoms with E-state index in [0.29, 0.717) is 43.0 Å². The van der Waals surface area contributed by atoms with E-state index in [2.05, 4.69) is 16.5 Å². The van der Waals surface area contributed by atoms with Crippen LogP contribution in [0.5, 0.6) is 0 Å². The Morgan fingerprint density at radius 2 is 1.83 bits per heavy atom. The summed E-state index contributed by atoms with van der Waals surface area (Å²) >= 11 is 0. The molecule has 1 saturated heterocycles. The minimum absolute atomic E-state index is 0.0696. The monoisotopic (exact) mass is 642 g/mol. The number of piperazine rings is 1. The second-order valence-electron chi connectivity index (χ2n) is 12.3. The van der Waals surface area contributed by atoms with Crippen molar-refractivity contribution in [3.05, 3.63) is 82.6 Å². The number of nitrogens with zero attached hydrogens (tertiary/aromatic N) is 8. The van der Waals surface area contributed by atoms with E-state index < -0.39 is 23.4 Å². The number of rotatable bonds is 3. The molecule has 0 N–H and O–H groups in total. The molecule has 0 saturated carbocycles. The van der Waals surface area contributed by atoms with Crippen LogP contribution in [0.3, 0.4) is 0 Å². The summed E-state index contributed by atoms with van der Waals surface area (Å²) in [6.07, 6.45) is 3.26. The molecule has 3 aromatic heterocycles. The zero-order chi connectivity index (χ0) is 33.7. The molecule has 0 radical (unpaired) electrons. The standard InChI is InChI=1S/C34H36F2N8O3/c1-7-26(45)42-15-16-43(20(4)18-42)31-22-17-24(36)29-27-23(35)9-8-10-25(27)41(6)34(47)40(5)14-12-21-11-13-37-28(19(2)3)30(21)44(32(22)38-29)33(46)39-31/h7-11,13,17,19-20H,1,12,14-16,18H2,2-6H3/t20-/m0/s1. The number of aromatic nitrogens is 4. The van der Waals surface area contributed by atoms with E-state index in [9.17, 15) is 14.4 Å². The fraction of sp³-hybridized carbons (Fsp3) is 0.353. The quantitative estimate of drug-likeness (QED) is 0.303. The summed E-state index contributed by atoms with van der Waals surface area (Å²) in [6.45, 7) is 10.6. The Hall–Kier alpha value is -5.20. The molecular weight excluding hydrogens is 606 g/mol. The van der Waals surface area contributed by atoms with Gasteiger partial charge in [-0.1, -0.05) is 26.5 Å². The van der Waals surface area contributed by atoms with E-state index in [1.54, 1.807) is 24.2 Å². The Morgan fingerprint density at radius 3 is 2.53 bits per heavy atom. The Bertz CT molecular complexity index is 1990. The Morgan fingerprint density at radius 1 is 1.06 bits per heavy atom. The predicted molar refractivity (Wildman–Crippen MR) is 176 cm³/mol. The summed E-state index contributed by atoms with van der Waals surface area (Å²) < 4.78 is 33.5. The topological polar surface area (TPSA) is 108 Å². The number of hydrogen-bond donors (Lipinski definition) is 0. The van der Waals surface area contributed by atoms with Gasteiger partial charge in [0.15, 0.2) is 11.5 Å². The summed E-state index contributed by atoms with van der Waals surface area (Å²) in [7, 11) is 3.13. The number of likely N-dealkylation sites (N-methyl/N-ethyl adjacent to an activating group) is 1. The number of carbonyl (C=O) groups is 2. The van der Waals surface area contributed by atoms with Gasteiger partial charge in [-0.2, -0.15) is 4.98 Å². The maximum atomic E-state index is 16.4. The lowest BCUT2D eigenvalue weighted by Gasteiger charge is -2.40. The molecule has 13 heteroatoms. The molecule has 0 spiro atoms. The van der Waals surface area contributed by atoms with Crippen LogP contribution >= 0.6 is 0 Å². The maximum absolute atomic E-state index is 16.4. The van der Waals surface area contributed by atoms with E-state index in [-0.39, 0.29) is 58.2 Å². The van der Waals surface area contributed by atoms with Gasteiger partial charge in [-0.25, -0.2) is 27.9 Å². The zero-order valence-corrected chi connectivity index (χ0v) is 27.0. The van der Waals surface area contributed by atoms with Crippen LogP contribution in [0.2, 0.25) is 0 Å². The highest BCUT2D eigenvalue weighted by Gasteiger charge is 2.32. The van der Waals surface area contributed by atoms with Crippen LogP contribution in [-0.4, -0.2) is 87.6 Å². The van der Waals surface area contributed by atoms with Crippen LogP contribution in [0, 0.1) is 11.6 Å². The predicted octanol–water partition coefficient (Wildman–Crippen LogP) is 4.51. The fourth-order valence-electron chi connectivity index (χ4n) is 6.47. The minimum Gasteiger partial charge on any atom is -0.350 e.